The lowest BCUT2D eigenvalue weighted by Gasteiger charge is -2.07. The minimum atomic E-state index is 0.224. The number of unbranched alkanes of at least 4 members (excludes halogenated alkanes) is 1. The smallest absolute Gasteiger partial charge is 0.138 e. The molecule has 0 aromatic heterocycles. The molecule has 70 valence electrons. The van der Waals surface area contributed by atoms with Crippen LogP contribution in [0.3, 0.4) is 0 Å². The van der Waals surface area contributed by atoms with E-state index in [0.717, 1.165) is 32.3 Å². The largest absolute Gasteiger partial charge is 0.381 e. The maximum Gasteiger partial charge on any atom is 0.138 e. The Morgan fingerprint density at radius 3 is 3.00 bits per heavy atom. The lowest BCUT2D eigenvalue weighted by molar-refractivity contribution is -0.122. The number of rotatable bonds is 5. The van der Waals surface area contributed by atoms with E-state index in [0.29, 0.717) is 12.4 Å². The van der Waals surface area contributed by atoms with Crippen molar-refractivity contribution in [3.8, 4) is 0 Å². The van der Waals surface area contributed by atoms with Crippen LogP contribution in [0.1, 0.15) is 39.0 Å². The van der Waals surface area contributed by atoms with Crippen molar-refractivity contribution in [3.05, 3.63) is 0 Å². The minimum Gasteiger partial charge on any atom is -0.381 e. The number of carbonyl (C=O) groups excluding carboxylic acids is 1. The molecular weight excluding hydrogens is 152 g/mol. The summed E-state index contributed by atoms with van der Waals surface area (Å²) in [6.45, 7) is 3.63. The van der Waals surface area contributed by atoms with Gasteiger partial charge in [-0.1, -0.05) is 13.3 Å². The van der Waals surface area contributed by atoms with Crippen LogP contribution in [-0.2, 0) is 9.53 Å². The molecule has 2 nitrogen and oxygen atoms in total. The van der Waals surface area contributed by atoms with Gasteiger partial charge in [0.05, 0.1) is 6.61 Å². The predicted octanol–water partition coefficient (Wildman–Crippen LogP) is 2.17. The summed E-state index contributed by atoms with van der Waals surface area (Å²) in [4.78, 5) is 11.2. The van der Waals surface area contributed by atoms with Gasteiger partial charge in [0, 0.05) is 18.9 Å². The van der Waals surface area contributed by atoms with Gasteiger partial charge in [-0.05, 0) is 19.3 Å². The Morgan fingerprint density at radius 2 is 2.42 bits per heavy atom. The SMILES string of the molecule is CCCCOCC1CCCC1=O. The van der Waals surface area contributed by atoms with Gasteiger partial charge in [0.2, 0.25) is 0 Å². The molecule has 1 rings (SSSR count). The van der Waals surface area contributed by atoms with Gasteiger partial charge < -0.3 is 4.74 Å². The number of ketones is 1. The normalized spacial score (nSPS) is 23.4. The van der Waals surface area contributed by atoms with E-state index in [9.17, 15) is 4.79 Å². The Hall–Kier alpha value is -0.370. The number of carbonyl (C=O) groups is 1. The van der Waals surface area contributed by atoms with Crippen LogP contribution >= 0.6 is 0 Å². The number of Topliss-reactive ketones (excluding diaryl/α,β-unsaturated/α-hetero) is 1. The molecule has 1 saturated carbocycles. The van der Waals surface area contributed by atoms with Crippen molar-refractivity contribution in [3.63, 3.8) is 0 Å². The zero-order valence-corrected chi connectivity index (χ0v) is 7.84. The molecule has 0 bridgehead atoms. The average Bonchev–Trinajstić information content (AvgIpc) is 2.46. The molecule has 12 heavy (non-hydrogen) atoms. The van der Waals surface area contributed by atoms with Gasteiger partial charge in [-0.15, -0.1) is 0 Å². The van der Waals surface area contributed by atoms with Gasteiger partial charge >= 0.3 is 0 Å². The molecule has 1 aliphatic carbocycles. The minimum absolute atomic E-state index is 0.224. The summed E-state index contributed by atoms with van der Waals surface area (Å²) < 4.78 is 5.41. The summed E-state index contributed by atoms with van der Waals surface area (Å²) in [6, 6.07) is 0. The van der Waals surface area contributed by atoms with Crippen LogP contribution in [0.5, 0.6) is 0 Å². The zero-order valence-electron chi connectivity index (χ0n) is 7.84. The molecule has 0 aliphatic heterocycles. The van der Waals surface area contributed by atoms with Crippen LogP contribution in [0.15, 0.2) is 0 Å². The second kappa shape index (κ2) is 5.31. The second-order valence-electron chi connectivity index (χ2n) is 3.48. The first-order chi connectivity index (χ1) is 5.84. The Labute approximate surface area is 74.3 Å². The van der Waals surface area contributed by atoms with Crippen molar-refractivity contribution in [1.29, 1.82) is 0 Å². The van der Waals surface area contributed by atoms with E-state index in [2.05, 4.69) is 6.92 Å². The molecule has 0 amide bonds. The third-order valence-electron chi connectivity index (χ3n) is 2.39. The molecule has 0 heterocycles. The van der Waals surface area contributed by atoms with Crippen LogP contribution in [0, 0.1) is 5.92 Å². The molecule has 1 atom stereocenters. The van der Waals surface area contributed by atoms with Crippen molar-refractivity contribution in [2.75, 3.05) is 13.2 Å². The quantitative estimate of drug-likeness (QED) is 0.591. The fraction of sp³-hybridized carbons (Fsp3) is 0.900. The molecule has 0 aromatic carbocycles. The van der Waals surface area contributed by atoms with Crippen LogP contribution in [0.4, 0.5) is 0 Å². The van der Waals surface area contributed by atoms with E-state index < -0.39 is 0 Å². The van der Waals surface area contributed by atoms with E-state index in [1.165, 1.54) is 6.42 Å². The third kappa shape index (κ3) is 2.94. The summed E-state index contributed by atoms with van der Waals surface area (Å²) in [5, 5.41) is 0. The molecular formula is C10H18O2. The van der Waals surface area contributed by atoms with E-state index >= 15 is 0 Å². The predicted molar refractivity (Wildman–Crippen MR) is 48.1 cm³/mol. The van der Waals surface area contributed by atoms with E-state index in [1.54, 1.807) is 0 Å². The van der Waals surface area contributed by atoms with Crippen LogP contribution < -0.4 is 0 Å². The Bertz CT molecular complexity index is 143. The molecule has 2 heteroatoms. The van der Waals surface area contributed by atoms with E-state index in [4.69, 9.17) is 4.74 Å². The fourth-order valence-corrected chi connectivity index (χ4v) is 1.54. The Morgan fingerprint density at radius 1 is 1.58 bits per heavy atom. The monoisotopic (exact) mass is 170 g/mol. The molecule has 1 fully saturated rings. The first-order valence-electron chi connectivity index (χ1n) is 4.95. The number of ether oxygens (including phenoxy) is 1. The van der Waals surface area contributed by atoms with Gasteiger partial charge in [-0.2, -0.15) is 0 Å². The third-order valence-corrected chi connectivity index (χ3v) is 2.39. The second-order valence-corrected chi connectivity index (χ2v) is 3.48. The molecule has 0 saturated heterocycles. The van der Waals surface area contributed by atoms with Gasteiger partial charge in [-0.25, -0.2) is 0 Å². The maximum absolute atomic E-state index is 11.2. The lowest BCUT2D eigenvalue weighted by atomic mass is 10.1. The Balaban J connectivity index is 2.02. The van der Waals surface area contributed by atoms with Crippen molar-refractivity contribution in [1.82, 2.24) is 0 Å². The summed E-state index contributed by atoms with van der Waals surface area (Å²) >= 11 is 0. The fourth-order valence-electron chi connectivity index (χ4n) is 1.54. The van der Waals surface area contributed by atoms with Gasteiger partial charge in [-0.3, -0.25) is 4.79 Å². The first-order valence-corrected chi connectivity index (χ1v) is 4.95. The number of hydrogen-bond donors (Lipinski definition) is 0. The van der Waals surface area contributed by atoms with Gasteiger partial charge in [0.15, 0.2) is 0 Å². The maximum atomic E-state index is 11.2. The summed E-state index contributed by atoms with van der Waals surface area (Å²) in [7, 11) is 0. The standard InChI is InChI=1S/C10H18O2/c1-2-3-7-12-8-9-5-4-6-10(9)11/h9H,2-8H2,1H3. The van der Waals surface area contributed by atoms with Gasteiger partial charge in [0.25, 0.3) is 0 Å². The van der Waals surface area contributed by atoms with Crippen molar-refractivity contribution in [2.45, 2.75) is 39.0 Å². The molecule has 1 aliphatic rings. The zero-order chi connectivity index (χ0) is 8.81. The van der Waals surface area contributed by atoms with Crippen molar-refractivity contribution >= 4 is 5.78 Å². The van der Waals surface area contributed by atoms with Gasteiger partial charge in [0.1, 0.15) is 5.78 Å². The van der Waals surface area contributed by atoms with E-state index in [1.807, 2.05) is 0 Å². The average molecular weight is 170 g/mol. The highest BCUT2D eigenvalue weighted by Crippen LogP contribution is 2.21. The summed E-state index contributed by atoms with van der Waals surface area (Å²) in [5.74, 6) is 0.633. The molecule has 0 radical (unpaired) electrons. The highest BCUT2D eigenvalue weighted by atomic mass is 16.5. The molecule has 0 aromatic rings. The summed E-state index contributed by atoms with van der Waals surface area (Å²) in [5.41, 5.74) is 0. The van der Waals surface area contributed by atoms with E-state index in [-0.39, 0.29) is 5.92 Å². The first kappa shape index (κ1) is 9.72. The molecule has 0 spiro atoms. The number of hydrogen-bond acceptors (Lipinski definition) is 2. The van der Waals surface area contributed by atoms with Crippen LogP contribution in [-0.4, -0.2) is 19.0 Å². The lowest BCUT2D eigenvalue weighted by Crippen LogP contribution is -2.14. The highest BCUT2D eigenvalue weighted by molar-refractivity contribution is 5.82. The highest BCUT2D eigenvalue weighted by Gasteiger charge is 2.23. The van der Waals surface area contributed by atoms with Crippen molar-refractivity contribution in [2.24, 2.45) is 5.92 Å². The molecule has 1 unspecified atom stereocenters. The molecule has 0 N–H and O–H groups in total. The summed E-state index contributed by atoms with van der Waals surface area (Å²) in [6.07, 6.45) is 5.17. The topological polar surface area (TPSA) is 26.3 Å². The van der Waals surface area contributed by atoms with Crippen LogP contribution in [0.2, 0.25) is 0 Å². The van der Waals surface area contributed by atoms with Crippen LogP contribution in [0.25, 0.3) is 0 Å². The van der Waals surface area contributed by atoms with Crippen molar-refractivity contribution < 1.29 is 9.53 Å². The Kier molecular flexibility index (Phi) is 4.30.